The van der Waals surface area contributed by atoms with Crippen LogP contribution >= 0.6 is 0 Å². The largest absolute Gasteiger partial charge is 0.507 e. The van der Waals surface area contributed by atoms with E-state index < -0.39 is 5.97 Å². The Morgan fingerprint density at radius 1 is 1.03 bits per heavy atom. The maximum absolute atomic E-state index is 13.0. The van der Waals surface area contributed by atoms with Crippen LogP contribution in [0.3, 0.4) is 0 Å². The zero-order valence-electron chi connectivity index (χ0n) is 18.6. The molecule has 166 valence electrons. The van der Waals surface area contributed by atoms with Gasteiger partial charge in [-0.2, -0.15) is 0 Å². The number of aryl methyl sites for hydroxylation is 2. The maximum atomic E-state index is 13.0. The molecule has 0 aromatic heterocycles. The van der Waals surface area contributed by atoms with Gasteiger partial charge < -0.3 is 20.0 Å². The molecule has 2 aliphatic heterocycles. The lowest BCUT2D eigenvalue weighted by molar-refractivity contribution is -0.138. The highest BCUT2D eigenvalue weighted by Gasteiger charge is 2.31. The van der Waals surface area contributed by atoms with Crippen molar-refractivity contribution in [1.82, 2.24) is 9.80 Å². The lowest BCUT2D eigenvalue weighted by Crippen LogP contribution is -2.50. The number of nitrogens with zero attached hydrogens (tertiary/aromatic N) is 2. The summed E-state index contributed by atoms with van der Waals surface area (Å²) >= 11 is 0. The lowest BCUT2D eigenvalue weighted by atomic mass is 9.91. The van der Waals surface area contributed by atoms with Crippen LogP contribution in [0.15, 0.2) is 12.1 Å². The molecule has 0 spiro atoms. The van der Waals surface area contributed by atoms with Gasteiger partial charge in [0.15, 0.2) is 0 Å². The zero-order chi connectivity index (χ0) is 21.8. The molecule has 2 saturated heterocycles. The van der Waals surface area contributed by atoms with Gasteiger partial charge in [0.05, 0.1) is 0 Å². The van der Waals surface area contributed by atoms with Gasteiger partial charge in [0.1, 0.15) is 5.75 Å². The molecule has 1 atom stereocenters. The standard InChI is InChI=1S/C24H36N2O4/c1-16-12-20(13-17(2)23(16)29)14-18(3)24(30)26-10-6-21(7-11-26)25-8-4-19(5-9-25)15-22(27)28/h12-13,18-19,21,29H,4-11,14-15H2,1-3H3,(H,27,28)/t18-/m1/s1. The van der Waals surface area contributed by atoms with Crippen LogP contribution in [0, 0.1) is 25.7 Å². The molecule has 2 N–H and O–H groups in total. The Balaban J connectivity index is 1.46. The summed E-state index contributed by atoms with van der Waals surface area (Å²) in [4.78, 5) is 28.4. The molecule has 1 aromatic carbocycles. The van der Waals surface area contributed by atoms with Crippen LogP contribution in [0.2, 0.25) is 0 Å². The number of carboxylic acid groups (broad SMARTS) is 1. The van der Waals surface area contributed by atoms with Gasteiger partial charge in [-0.15, -0.1) is 0 Å². The third kappa shape index (κ3) is 5.54. The van der Waals surface area contributed by atoms with E-state index in [0.29, 0.717) is 30.6 Å². The zero-order valence-corrected chi connectivity index (χ0v) is 18.6. The highest BCUT2D eigenvalue weighted by molar-refractivity contribution is 5.79. The summed E-state index contributed by atoms with van der Waals surface area (Å²) in [5, 5.41) is 18.9. The van der Waals surface area contributed by atoms with Crippen molar-refractivity contribution in [2.75, 3.05) is 26.2 Å². The molecule has 0 saturated carbocycles. The number of phenols is 1. The first-order valence-electron chi connectivity index (χ1n) is 11.3. The highest BCUT2D eigenvalue weighted by atomic mass is 16.4. The van der Waals surface area contributed by atoms with Crippen molar-refractivity contribution >= 4 is 11.9 Å². The van der Waals surface area contributed by atoms with Crippen molar-refractivity contribution in [2.24, 2.45) is 11.8 Å². The Bertz CT molecular complexity index is 739. The van der Waals surface area contributed by atoms with E-state index in [1.807, 2.05) is 37.8 Å². The fourth-order valence-electron chi connectivity index (χ4n) is 5.14. The Labute approximate surface area is 179 Å². The van der Waals surface area contributed by atoms with E-state index in [1.54, 1.807) is 0 Å². The van der Waals surface area contributed by atoms with E-state index in [9.17, 15) is 14.7 Å². The summed E-state index contributed by atoms with van der Waals surface area (Å²) in [6.45, 7) is 9.35. The van der Waals surface area contributed by atoms with Gasteiger partial charge in [-0.1, -0.05) is 19.1 Å². The van der Waals surface area contributed by atoms with E-state index in [1.165, 1.54) is 0 Å². The molecule has 2 heterocycles. The quantitative estimate of drug-likeness (QED) is 0.743. The predicted molar refractivity (Wildman–Crippen MR) is 117 cm³/mol. The first-order chi connectivity index (χ1) is 14.2. The Kier molecular flexibility index (Phi) is 7.40. The van der Waals surface area contributed by atoms with Gasteiger partial charge >= 0.3 is 5.97 Å². The average Bonchev–Trinajstić information content (AvgIpc) is 2.71. The third-order valence-electron chi connectivity index (χ3n) is 6.92. The number of likely N-dealkylation sites (tertiary alicyclic amines) is 2. The van der Waals surface area contributed by atoms with E-state index in [2.05, 4.69) is 4.90 Å². The van der Waals surface area contributed by atoms with E-state index >= 15 is 0 Å². The molecule has 2 fully saturated rings. The van der Waals surface area contributed by atoms with Crippen LogP contribution in [0.1, 0.15) is 55.7 Å². The molecule has 6 nitrogen and oxygen atoms in total. The van der Waals surface area contributed by atoms with Gasteiger partial charge in [0, 0.05) is 31.5 Å². The molecular weight excluding hydrogens is 380 g/mol. The Morgan fingerprint density at radius 2 is 1.60 bits per heavy atom. The monoisotopic (exact) mass is 416 g/mol. The smallest absolute Gasteiger partial charge is 0.303 e. The molecule has 1 aromatic rings. The number of carboxylic acids is 1. The average molecular weight is 417 g/mol. The second kappa shape index (κ2) is 9.82. The van der Waals surface area contributed by atoms with Crippen molar-refractivity contribution in [1.29, 1.82) is 0 Å². The topological polar surface area (TPSA) is 81.1 Å². The summed E-state index contributed by atoms with van der Waals surface area (Å²) in [5.74, 6) is 0.112. The predicted octanol–water partition coefficient (Wildman–Crippen LogP) is 3.37. The van der Waals surface area contributed by atoms with E-state index in [0.717, 1.165) is 68.6 Å². The van der Waals surface area contributed by atoms with E-state index in [4.69, 9.17) is 5.11 Å². The molecule has 3 rings (SSSR count). The fraction of sp³-hybridized carbons (Fsp3) is 0.667. The van der Waals surface area contributed by atoms with Gasteiger partial charge in [-0.25, -0.2) is 0 Å². The molecule has 0 aliphatic carbocycles. The molecule has 1 amide bonds. The van der Waals surface area contributed by atoms with Crippen LogP contribution in [-0.4, -0.2) is 64.1 Å². The van der Waals surface area contributed by atoms with Crippen molar-refractivity contribution in [3.8, 4) is 5.75 Å². The summed E-state index contributed by atoms with van der Waals surface area (Å²) in [7, 11) is 0. The SMILES string of the molecule is Cc1cc(C[C@@H](C)C(=O)N2CCC(N3CCC(CC(=O)O)CC3)CC2)cc(C)c1O. The number of phenolic OH excluding ortho intramolecular Hbond substituents is 1. The third-order valence-corrected chi connectivity index (χ3v) is 6.92. The van der Waals surface area contributed by atoms with Crippen LogP contribution in [0.25, 0.3) is 0 Å². The van der Waals surface area contributed by atoms with Crippen molar-refractivity contribution < 1.29 is 19.8 Å². The minimum Gasteiger partial charge on any atom is -0.507 e. The minimum absolute atomic E-state index is 0.0725. The number of carbonyl (C=O) groups is 2. The number of hydrogen-bond donors (Lipinski definition) is 2. The van der Waals surface area contributed by atoms with Crippen LogP contribution in [0.4, 0.5) is 0 Å². The molecule has 0 unspecified atom stereocenters. The maximum Gasteiger partial charge on any atom is 0.303 e. The summed E-state index contributed by atoms with van der Waals surface area (Å²) in [5.41, 5.74) is 2.82. The number of carbonyl (C=O) groups excluding carboxylic acids is 1. The first kappa shape index (κ1) is 22.6. The number of piperidine rings is 2. The second-order valence-corrected chi connectivity index (χ2v) is 9.32. The van der Waals surface area contributed by atoms with Gasteiger partial charge in [-0.3, -0.25) is 9.59 Å². The van der Waals surface area contributed by atoms with E-state index in [-0.39, 0.29) is 11.8 Å². The summed E-state index contributed by atoms with van der Waals surface area (Å²) in [6, 6.07) is 4.47. The van der Waals surface area contributed by atoms with Crippen molar-refractivity contribution in [3.63, 3.8) is 0 Å². The summed E-state index contributed by atoms with van der Waals surface area (Å²) < 4.78 is 0. The van der Waals surface area contributed by atoms with Crippen LogP contribution < -0.4 is 0 Å². The van der Waals surface area contributed by atoms with Crippen molar-refractivity contribution in [2.45, 2.75) is 65.3 Å². The van der Waals surface area contributed by atoms with Crippen molar-refractivity contribution in [3.05, 3.63) is 28.8 Å². The number of aliphatic carboxylic acids is 1. The minimum atomic E-state index is -0.688. The number of aromatic hydroxyl groups is 1. The Hall–Kier alpha value is -2.08. The lowest BCUT2D eigenvalue weighted by Gasteiger charge is -2.42. The Morgan fingerprint density at radius 3 is 2.13 bits per heavy atom. The molecular formula is C24H36N2O4. The second-order valence-electron chi connectivity index (χ2n) is 9.32. The number of amides is 1. The molecule has 0 bridgehead atoms. The molecule has 6 heteroatoms. The number of benzene rings is 1. The number of rotatable bonds is 6. The fourth-order valence-corrected chi connectivity index (χ4v) is 5.14. The molecule has 2 aliphatic rings. The number of hydrogen-bond acceptors (Lipinski definition) is 4. The van der Waals surface area contributed by atoms with Crippen LogP contribution in [-0.2, 0) is 16.0 Å². The normalized spacial score (nSPS) is 20.3. The van der Waals surface area contributed by atoms with Gasteiger partial charge in [0.25, 0.3) is 0 Å². The first-order valence-corrected chi connectivity index (χ1v) is 11.3. The van der Waals surface area contributed by atoms with Gasteiger partial charge in [-0.05, 0) is 81.6 Å². The molecule has 30 heavy (non-hydrogen) atoms. The summed E-state index contributed by atoms with van der Waals surface area (Å²) in [6.07, 6.45) is 4.91. The molecule has 0 radical (unpaired) electrons. The van der Waals surface area contributed by atoms with Gasteiger partial charge in [0.2, 0.25) is 5.91 Å². The van der Waals surface area contributed by atoms with Crippen LogP contribution in [0.5, 0.6) is 5.75 Å². The highest BCUT2D eigenvalue weighted by Crippen LogP contribution is 2.27.